The Hall–Kier alpha value is -0.970. The van der Waals surface area contributed by atoms with E-state index in [4.69, 9.17) is 5.11 Å². The molecule has 2 rings (SSSR count). The number of nitrogens with zero attached hydrogens (tertiary/aromatic N) is 2. The first-order valence-corrected chi connectivity index (χ1v) is 7.41. The fraction of sp³-hybridized carbons (Fsp3) is 0.692. The van der Waals surface area contributed by atoms with E-state index in [-0.39, 0.29) is 5.75 Å². The third-order valence-corrected chi connectivity index (χ3v) is 4.55. The van der Waals surface area contributed by atoms with Gasteiger partial charge in [-0.15, -0.1) is 0 Å². The van der Waals surface area contributed by atoms with Gasteiger partial charge in [0, 0.05) is 18.4 Å². The zero-order valence-electron chi connectivity index (χ0n) is 11.0. The van der Waals surface area contributed by atoms with Crippen LogP contribution < -0.4 is 0 Å². The number of carboxylic acids is 1. The molecule has 1 fully saturated rings. The molecule has 1 aliphatic rings. The molecule has 0 saturated heterocycles. The highest BCUT2D eigenvalue weighted by atomic mass is 32.2. The Morgan fingerprint density at radius 2 is 2.33 bits per heavy atom. The summed E-state index contributed by atoms with van der Waals surface area (Å²) in [7, 11) is 0. The number of hydrogen-bond donors (Lipinski definition) is 1. The molecule has 0 atom stereocenters. The van der Waals surface area contributed by atoms with Crippen molar-refractivity contribution in [1.29, 1.82) is 0 Å². The highest BCUT2D eigenvalue weighted by Gasteiger charge is 2.42. The first-order valence-electron chi connectivity index (χ1n) is 6.43. The number of hydrogen-bond acceptors (Lipinski definition) is 3. The van der Waals surface area contributed by atoms with Crippen LogP contribution in [0, 0.1) is 12.3 Å². The molecule has 0 aromatic carbocycles. The molecular formula is C13H20N2O2S. The SMILES string of the molecule is CCCC1(Cn2c(C)cnc2SCC(=O)O)CC1. The van der Waals surface area contributed by atoms with Crippen LogP contribution in [0.3, 0.4) is 0 Å². The number of carbonyl (C=O) groups is 1. The predicted molar refractivity (Wildman–Crippen MR) is 71.9 cm³/mol. The third-order valence-electron chi connectivity index (χ3n) is 3.57. The van der Waals surface area contributed by atoms with Gasteiger partial charge < -0.3 is 9.67 Å². The summed E-state index contributed by atoms with van der Waals surface area (Å²) in [6.45, 7) is 5.26. The summed E-state index contributed by atoms with van der Waals surface area (Å²) in [6, 6.07) is 0. The third kappa shape index (κ3) is 3.07. The monoisotopic (exact) mass is 268 g/mol. The number of aromatic nitrogens is 2. The van der Waals surface area contributed by atoms with Crippen LogP contribution in [0.25, 0.3) is 0 Å². The summed E-state index contributed by atoms with van der Waals surface area (Å²) in [5.74, 6) is -0.709. The van der Waals surface area contributed by atoms with Crippen molar-refractivity contribution in [1.82, 2.24) is 9.55 Å². The van der Waals surface area contributed by atoms with Crippen LogP contribution in [0.4, 0.5) is 0 Å². The van der Waals surface area contributed by atoms with Crippen molar-refractivity contribution in [2.75, 3.05) is 5.75 Å². The highest BCUT2D eigenvalue weighted by molar-refractivity contribution is 7.99. The zero-order valence-corrected chi connectivity index (χ0v) is 11.8. The molecule has 0 bridgehead atoms. The second-order valence-electron chi connectivity index (χ2n) is 5.20. The Kier molecular flexibility index (Phi) is 4.00. The van der Waals surface area contributed by atoms with Crippen molar-refractivity contribution < 1.29 is 9.90 Å². The van der Waals surface area contributed by atoms with Crippen LogP contribution in [-0.2, 0) is 11.3 Å². The molecule has 1 aromatic heterocycles. The van der Waals surface area contributed by atoms with Crippen molar-refractivity contribution >= 4 is 17.7 Å². The average molecular weight is 268 g/mol. The fourth-order valence-corrected chi connectivity index (χ4v) is 3.15. The van der Waals surface area contributed by atoms with Gasteiger partial charge in [-0.3, -0.25) is 4.79 Å². The van der Waals surface area contributed by atoms with Crippen molar-refractivity contribution in [2.45, 2.75) is 51.2 Å². The van der Waals surface area contributed by atoms with Crippen LogP contribution in [0.5, 0.6) is 0 Å². The van der Waals surface area contributed by atoms with Gasteiger partial charge in [0.1, 0.15) is 0 Å². The van der Waals surface area contributed by atoms with Crippen molar-refractivity contribution in [2.24, 2.45) is 5.41 Å². The van der Waals surface area contributed by atoms with Crippen LogP contribution >= 0.6 is 11.8 Å². The average Bonchev–Trinajstić information content (AvgIpc) is 2.98. The van der Waals surface area contributed by atoms with E-state index in [1.54, 1.807) is 0 Å². The normalized spacial score (nSPS) is 16.8. The summed E-state index contributed by atoms with van der Waals surface area (Å²) < 4.78 is 2.19. The minimum Gasteiger partial charge on any atom is -0.481 e. The van der Waals surface area contributed by atoms with Gasteiger partial charge in [-0.05, 0) is 31.6 Å². The standard InChI is InChI=1S/C13H20N2O2S/c1-3-4-13(5-6-13)9-15-10(2)7-14-12(15)18-8-11(16)17/h7H,3-6,8-9H2,1-2H3,(H,16,17). The first kappa shape index (κ1) is 13.5. The maximum atomic E-state index is 10.6. The van der Waals surface area contributed by atoms with Gasteiger partial charge in [0.2, 0.25) is 0 Å². The van der Waals surface area contributed by atoms with E-state index in [1.807, 2.05) is 13.1 Å². The summed E-state index contributed by atoms with van der Waals surface area (Å²) in [6.07, 6.45) is 6.90. The van der Waals surface area contributed by atoms with E-state index in [2.05, 4.69) is 16.5 Å². The van der Waals surface area contributed by atoms with E-state index in [0.29, 0.717) is 5.41 Å². The van der Waals surface area contributed by atoms with E-state index >= 15 is 0 Å². The quantitative estimate of drug-likeness (QED) is 0.772. The molecule has 100 valence electrons. The van der Waals surface area contributed by atoms with Gasteiger partial charge in [0.15, 0.2) is 5.16 Å². The second kappa shape index (κ2) is 5.34. The molecule has 5 heteroatoms. The minimum absolute atomic E-state index is 0.0806. The molecule has 0 unspecified atom stereocenters. The zero-order chi connectivity index (χ0) is 13.2. The molecule has 0 aliphatic heterocycles. The summed E-state index contributed by atoms with van der Waals surface area (Å²) in [5, 5.41) is 9.59. The van der Waals surface area contributed by atoms with Crippen LogP contribution in [0.1, 0.15) is 38.3 Å². The van der Waals surface area contributed by atoms with Crippen molar-refractivity contribution in [3.63, 3.8) is 0 Å². The smallest absolute Gasteiger partial charge is 0.313 e. The summed E-state index contributed by atoms with van der Waals surface area (Å²) in [4.78, 5) is 15.0. The Bertz CT molecular complexity index is 438. The largest absolute Gasteiger partial charge is 0.481 e. The molecule has 1 aliphatic carbocycles. The van der Waals surface area contributed by atoms with E-state index in [0.717, 1.165) is 17.4 Å². The van der Waals surface area contributed by atoms with Gasteiger partial charge in [-0.2, -0.15) is 0 Å². The molecule has 1 heterocycles. The number of carboxylic acid groups (broad SMARTS) is 1. The molecule has 0 radical (unpaired) electrons. The van der Waals surface area contributed by atoms with Crippen LogP contribution in [0.2, 0.25) is 0 Å². The number of thioether (sulfide) groups is 1. The number of aliphatic carboxylic acids is 1. The number of rotatable bonds is 7. The summed E-state index contributed by atoms with van der Waals surface area (Å²) >= 11 is 1.31. The molecule has 1 N–H and O–H groups in total. The lowest BCUT2D eigenvalue weighted by molar-refractivity contribution is -0.133. The van der Waals surface area contributed by atoms with E-state index in [9.17, 15) is 4.79 Å². The first-order chi connectivity index (χ1) is 8.56. The number of aryl methyl sites for hydroxylation is 1. The van der Waals surface area contributed by atoms with Gasteiger partial charge in [-0.1, -0.05) is 25.1 Å². The van der Waals surface area contributed by atoms with Gasteiger partial charge in [0.25, 0.3) is 0 Å². The van der Waals surface area contributed by atoms with Gasteiger partial charge in [0.05, 0.1) is 5.75 Å². The maximum Gasteiger partial charge on any atom is 0.313 e. The summed E-state index contributed by atoms with van der Waals surface area (Å²) in [5.41, 5.74) is 1.59. The molecule has 18 heavy (non-hydrogen) atoms. The molecule has 1 saturated carbocycles. The lowest BCUT2D eigenvalue weighted by atomic mass is 10.0. The molecule has 4 nitrogen and oxygen atoms in total. The van der Waals surface area contributed by atoms with Crippen molar-refractivity contribution in [3.8, 4) is 0 Å². The van der Waals surface area contributed by atoms with Gasteiger partial charge >= 0.3 is 5.97 Å². The molecule has 0 spiro atoms. The van der Waals surface area contributed by atoms with Crippen LogP contribution in [0.15, 0.2) is 11.4 Å². The Labute approximate surface area is 112 Å². The topological polar surface area (TPSA) is 55.1 Å². The highest BCUT2D eigenvalue weighted by Crippen LogP contribution is 2.51. The molecule has 1 aromatic rings. The lowest BCUT2D eigenvalue weighted by Crippen LogP contribution is -2.14. The second-order valence-corrected chi connectivity index (χ2v) is 6.14. The Balaban J connectivity index is 2.07. The van der Waals surface area contributed by atoms with E-state index < -0.39 is 5.97 Å². The lowest BCUT2D eigenvalue weighted by Gasteiger charge is -2.17. The molecule has 0 amide bonds. The number of imidazole rings is 1. The molecular weight excluding hydrogens is 248 g/mol. The Morgan fingerprint density at radius 3 is 2.89 bits per heavy atom. The van der Waals surface area contributed by atoms with E-state index in [1.165, 1.54) is 37.4 Å². The van der Waals surface area contributed by atoms with Gasteiger partial charge in [-0.25, -0.2) is 4.98 Å². The maximum absolute atomic E-state index is 10.6. The van der Waals surface area contributed by atoms with Crippen molar-refractivity contribution in [3.05, 3.63) is 11.9 Å². The minimum atomic E-state index is -0.790. The fourth-order valence-electron chi connectivity index (χ4n) is 2.40. The van der Waals surface area contributed by atoms with Crippen LogP contribution in [-0.4, -0.2) is 26.4 Å². The predicted octanol–water partition coefficient (Wildman–Crippen LogP) is 2.95. The Morgan fingerprint density at radius 1 is 1.61 bits per heavy atom.